The van der Waals surface area contributed by atoms with Gasteiger partial charge < -0.3 is 21.9 Å². The van der Waals surface area contributed by atoms with Gasteiger partial charge in [-0.3, -0.25) is 4.79 Å². The van der Waals surface area contributed by atoms with Gasteiger partial charge in [-0.25, -0.2) is 24.3 Å². The van der Waals surface area contributed by atoms with Crippen LogP contribution in [0.25, 0.3) is 11.2 Å². The zero-order valence-electron chi connectivity index (χ0n) is 11.8. The number of nitrogens with two attached hydrogens (primary N) is 2. The smallest absolute Gasteiger partial charge is 0.325 e. The van der Waals surface area contributed by atoms with Crippen molar-refractivity contribution in [3.05, 3.63) is 6.33 Å². The maximum atomic E-state index is 11.9. The summed E-state index contributed by atoms with van der Waals surface area (Å²) >= 11 is 1.22. The predicted molar refractivity (Wildman–Crippen MR) is 80.4 cm³/mol. The standard InChI is InChI=1S/C11H15N7O3S/c1-4(19)5(12)9(20)15-7-6-8(17-11(16-7)22-2)18(3-14-6)10(13)21/h3-5,19H,12H2,1-2H3,(H2,13,21)(H,15,16,17,20)/t4-,5+/m1/s1. The van der Waals surface area contributed by atoms with Crippen molar-refractivity contribution < 1.29 is 14.7 Å². The van der Waals surface area contributed by atoms with Crippen LogP contribution in [0, 0.1) is 0 Å². The van der Waals surface area contributed by atoms with Gasteiger partial charge in [0.2, 0.25) is 5.91 Å². The van der Waals surface area contributed by atoms with E-state index >= 15 is 0 Å². The summed E-state index contributed by atoms with van der Waals surface area (Å²) in [6.45, 7) is 1.40. The molecule has 2 heterocycles. The van der Waals surface area contributed by atoms with Crippen LogP contribution in [0.4, 0.5) is 10.6 Å². The predicted octanol–water partition coefficient (Wildman–Crippen LogP) is -0.878. The maximum Gasteiger partial charge on any atom is 0.325 e. The van der Waals surface area contributed by atoms with Gasteiger partial charge in [0, 0.05) is 0 Å². The number of primary amides is 1. The first kappa shape index (κ1) is 16.1. The Hall–Kier alpha value is -2.24. The normalized spacial score (nSPS) is 13.8. The molecule has 0 saturated heterocycles. The first-order valence-electron chi connectivity index (χ1n) is 6.18. The van der Waals surface area contributed by atoms with Gasteiger partial charge in [-0.1, -0.05) is 11.8 Å². The molecule has 2 aromatic heterocycles. The summed E-state index contributed by atoms with van der Waals surface area (Å²) in [7, 11) is 0. The highest BCUT2D eigenvalue weighted by Gasteiger charge is 2.22. The highest BCUT2D eigenvalue weighted by atomic mass is 32.2. The minimum Gasteiger partial charge on any atom is -0.391 e. The van der Waals surface area contributed by atoms with E-state index < -0.39 is 24.1 Å². The fourth-order valence-corrected chi connectivity index (χ4v) is 2.00. The molecule has 2 aromatic rings. The maximum absolute atomic E-state index is 11.9. The molecule has 0 unspecified atom stereocenters. The number of carbonyl (C=O) groups is 2. The number of aromatic nitrogens is 4. The Morgan fingerprint density at radius 2 is 2.14 bits per heavy atom. The van der Waals surface area contributed by atoms with Crippen LogP contribution in [0.2, 0.25) is 0 Å². The molecule has 10 nitrogen and oxygen atoms in total. The van der Waals surface area contributed by atoms with Gasteiger partial charge in [0.15, 0.2) is 22.1 Å². The lowest BCUT2D eigenvalue weighted by molar-refractivity contribution is -0.119. The van der Waals surface area contributed by atoms with E-state index in [9.17, 15) is 14.7 Å². The lowest BCUT2D eigenvalue weighted by Crippen LogP contribution is -2.43. The number of aliphatic hydroxyl groups is 1. The number of aliphatic hydroxyl groups excluding tert-OH is 1. The van der Waals surface area contributed by atoms with Crippen LogP contribution in [0.5, 0.6) is 0 Å². The molecule has 118 valence electrons. The number of hydrogen-bond donors (Lipinski definition) is 4. The highest BCUT2D eigenvalue weighted by Crippen LogP contribution is 2.22. The molecule has 0 spiro atoms. The fourth-order valence-electron chi connectivity index (χ4n) is 1.64. The average Bonchev–Trinajstić information content (AvgIpc) is 2.90. The van der Waals surface area contributed by atoms with E-state index in [1.165, 1.54) is 25.0 Å². The third-order valence-corrected chi connectivity index (χ3v) is 3.41. The number of anilines is 1. The second-order valence-electron chi connectivity index (χ2n) is 4.44. The van der Waals surface area contributed by atoms with E-state index in [2.05, 4.69) is 20.3 Å². The Labute approximate surface area is 129 Å². The number of nitrogens with zero attached hydrogens (tertiary/aromatic N) is 4. The van der Waals surface area contributed by atoms with Gasteiger partial charge >= 0.3 is 6.03 Å². The Morgan fingerprint density at radius 3 is 2.68 bits per heavy atom. The van der Waals surface area contributed by atoms with Crippen molar-refractivity contribution in [1.29, 1.82) is 0 Å². The number of thioether (sulfide) groups is 1. The van der Waals surface area contributed by atoms with Crippen molar-refractivity contribution in [2.24, 2.45) is 11.5 Å². The topological polar surface area (TPSA) is 162 Å². The molecule has 0 radical (unpaired) electrons. The molecule has 0 aliphatic carbocycles. The summed E-state index contributed by atoms with van der Waals surface area (Å²) in [6, 6.07) is -1.88. The lowest BCUT2D eigenvalue weighted by Gasteiger charge is -2.14. The van der Waals surface area contributed by atoms with Gasteiger partial charge in [-0.05, 0) is 13.2 Å². The van der Waals surface area contributed by atoms with E-state index in [1.807, 2.05) is 0 Å². The molecule has 0 aliphatic rings. The van der Waals surface area contributed by atoms with E-state index in [-0.39, 0.29) is 17.0 Å². The minimum atomic E-state index is -1.12. The first-order chi connectivity index (χ1) is 10.3. The largest absolute Gasteiger partial charge is 0.391 e. The Kier molecular flexibility index (Phi) is 4.59. The monoisotopic (exact) mass is 325 g/mol. The SMILES string of the molecule is CSc1nc(NC(=O)[C@@H](N)[C@@H](C)O)c2ncn(C(N)=O)c2n1. The summed E-state index contributed by atoms with van der Waals surface area (Å²) in [6.07, 6.45) is 1.90. The Balaban J connectivity index is 2.49. The van der Waals surface area contributed by atoms with E-state index in [0.717, 1.165) is 4.57 Å². The number of hydrogen-bond acceptors (Lipinski definition) is 8. The summed E-state index contributed by atoms with van der Waals surface area (Å²) < 4.78 is 1.04. The van der Waals surface area contributed by atoms with Crippen LogP contribution in [-0.4, -0.2) is 55.0 Å². The summed E-state index contributed by atoms with van der Waals surface area (Å²) in [5.41, 5.74) is 11.2. The van der Waals surface area contributed by atoms with Crippen LogP contribution >= 0.6 is 11.8 Å². The molecule has 2 amide bonds. The van der Waals surface area contributed by atoms with Crippen molar-refractivity contribution in [3.63, 3.8) is 0 Å². The molecule has 2 atom stereocenters. The quantitative estimate of drug-likeness (QED) is 0.416. The Bertz CT molecular complexity index is 730. The molecular formula is C11H15N7O3S. The van der Waals surface area contributed by atoms with Crippen LogP contribution < -0.4 is 16.8 Å². The number of rotatable bonds is 4. The van der Waals surface area contributed by atoms with Crippen LogP contribution in [0.3, 0.4) is 0 Å². The minimum absolute atomic E-state index is 0.0930. The number of fused-ring (bicyclic) bond motifs is 1. The van der Waals surface area contributed by atoms with E-state index in [4.69, 9.17) is 11.5 Å². The molecule has 22 heavy (non-hydrogen) atoms. The second-order valence-corrected chi connectivity index (χ2v) is 5.21. The van der Waals surface area contributed by atoms with Crippen LogP contribution in [-0.2, 0) is 4.79 Å². The molecule has 0 fully saturated rings. The third kappa shape index (κ3) is 3.00. The van der Waals surface area contributed by atoms with Crippen molar-refractivity contribution >= 4 is 40.7 Å². The summed E-state index contributed by atoms with van der Waals surface area (Å²) in [5.74, 6) is -0.536. The van der Waals surface area contributed by atoms with Crippen molar-refractivity contribution in [1.82, 2.24) is 19.5 Å². The molecule has 0 bridgehead atoms. The van der Waals surface area contributed by atoms with Crippen molar-refractivity contribution in [3.8, 4) is 0 Å². The van der Waals surface area contributed by atoms with Crippen molar-refractivity contribution in [2.45, 2.75) is 24.2 Å². The van der Waals surface area contributed by atoms with Gasteiger partial charge in [0.25, 0.3) is 0 Å². The zero-order chi connectivity index (χ0) is 16.4. The molecule has 11 heteroatoms. The number of carbonyl (C=O) groups excluding carboxylic acids is 2. The second kappa shape index (κ2) is 6.25. The number of nitrogens with one attached hydrogen (secondary N) is 1. The zero-order valence-corrected chi connectivity index (χ0v) is 12.7. The number of amides is 2. The van der Waals surface area contributed by atoms with Crippen LogP contribution in [0.1, 0.15) is 6.92 Å². The third-order valence-electron chi connectivity index (χ3n) is 2.86. The molecule has 0 saturated carbocycles. The summed E-state index contributed by atoms with van der Waals surface area (Å²) in [4.78, 5) is 35.5. The molecule has 6 N–H and O–H groups in total. The van der Waals surface area contributed by atoms with Gasteiger partial charge in [0.05, 0.1) is 6.10 Å². The molecule has 0 aliphatic heterocycles. The van der Waals surface area contributed by atoms with Gasteiger partial charge in [0.1, 0.15) is 12.4 Å². The summed E-state index contributed by atoms with van der Waals surface area (Å²) in [5, 5.41) is 12.1. The number of imidazole rings is 1. The Morgan fingerprint density at radius 1 is 1.45 bits per heavy atom. The van der Waals surface area contributed by atoms with Gasteiger partial charge in [-0.15, -0.1) is 0 Å². The average molecular weight is 325 g/mol. The van der Waals surface area contributed by atoms with E-state index in [1.54, 1.807) is 6.26 Å². The lowest BCUT2D eigenvalue weighted by atomic mass is 10.2. The van der Waals surface area contributed by atoms with Crippen molar-refractivity contribution in [2.75, 3.05) is 11.6 Å². The van der Waals surface area contributed by atoms with Crippen LogP contribution in [0.15, 0.2) is 11.5 Å². The van der Waals surface area contributed by atoms with Gasteiger partial charge in [-0.2, -0.15) is 0 Å². The molecular weight excluding hydrogens is 310 g/mol. The first-order valence-corrected chi connectivity index (χ1v) is 7.41. The van der Waals surface area contributed by atoms with E-state index in [0.29, 0.717) is 5.16 Å². The highest BCUT2D eigenvalue weighted by molar-refractivity contribution is 7.98. The fraction of sp³-hybridized carbons (Fsp3) is 0.364. The molecule has 2 rings (SSSR count). The molecule has 0 aromatic carbocycles.